The Balaban J connectivity index is 1.77. The van der Waals surface area contributed by atoms with Gasteiger partial charge in [-0.2, -0.15) is 0 Å². The van der Waals surface area contributed by atoms with Crippen LogP contribution in [0.1, 0.15) is 45.7 Å². The summed E-state index contributed by atoms with van der Waals surface area (Å²) in [5.41, 5.74) is 5.59. The number of hydrogen-bond donors (Lipinski definition) is 0. The van der Waals surface area contributed by atoms with E-state index in [1.165, 1.54) is 20.6 Å². The molecule has 0 aliphatic heterocycles. The first-order valence-corrected chi connectivity index (χ1v) is 12.2. The van der Waals surface area contributed by atoms with Crippen LogP contribution in [0.5, 0.6) is 0 Å². The van der Waals surface area contributed by atoms with Crippen LogP contribution in [-0.4, -0.2) is 6.10 Å². The zero-order chi connectivity index (χ0) is 22.2. The minimum atomic E-state index is -0.878. The molecule has 4 rings (SSSR count). The van der Waals surface area contributed by atoms with Gasteiger partial charge in [-0.15, -0.1) is 0 Å². The normalized spacial score (nSPS) is 22.0. The van der Waals surface area contributed by atoms with Crippen molar-refractivity contribution in [2.24, 2.45) is 5.41 Å². The van der Waals surface area contributed by atoms with Crippen LogP contribution in [0.3, 0.4) is 0 Å². The van der Waals surface area contributed by atoms with Gasteiger partial charge in [-0.05, 0) is 0 Å². The molecule has 0 fully saturated rings. The van der Waals surface area contributed by atoms with Crippen molar-refractivity contribution in [3.8, 4) is 0 Å². The molecule has 2 aliphatic carbocycles. The molecule has 0 spiro atoms. The van der Waals surface area contributed by atoms with Crippen molar-refractivity contribution in [2.45, 2.75) is 46.1 Å². The second-order valence-electron chi connectivity index (χ2n) is 9.00. The van der Waals surface area contributed by atoms with E-state index in [4.69, 9.17) is 3.32 Å². The van der Waals surface area contributed by atoms with E-state index in [0.29, 0.717) is 0 Å². The van der Waals surface area contributed by atoms with E-state index in [2.05, 4.69) is 58.9 Å². The first-order valence-electron chi connectivity index (χ1n) is 10.8. The molecule has 0 saturated heterocycles. The van der Waals surface area contributed by atoms with E-state index in [-0.39, 0.29) is 17.3 Å². The van der Waals surface area contributed by atoms with E-state index in [9.17, 15) is 4.39 Å². The van der Waals surface area contributed by atoms with Gasteiger partial charge in [-0.25, -0.2) is 0 Å². The average molecular weight is 448 g/mol. The Morgan fingerprint density at radius 2 is 1.39 bits per heavy atom. The molecule has 0 amide bonds. The van der Waals surface area contributed by atoms with E-state index in [1.807, 2.05) is 42.5 Å². The molecule has 0 radical (unpaired) electrons. The van der Waals surface area contributed by atoms with Crippen LogP contribution in [0, 0.1) is 5.41 Å². The first kappa shape index (κ1) is 22.2. The predicted octanol–water partition coefficient (Wildman–Crippen LogP) is 7.43. The van der Waals surface area contributed by atoms with Gasteiger partial charge < -0.3 is 0 Å². The van der Waals surface area contributed by atoms with Crippen LogP contribution in [0.25, 0.3) is 0 Å². The van der Waals surface area contributed by atoms with Crippen LogP contribution in [0.2, 0.25) is 0 Å². The van der Waals surface area contributed by atoms with Crippen molar-refractivity contribution in [1.29, 1.82) is 0 Å². The van der Waals surface area contributed by atoms with Gasteiger partial charge in [0.25, 0.3) is 0 Å². The molecule has 0 bridgehead atoms. The second kappa shape index (κ2) is 8.50. The van der Waals surface area contributed by atoms with Gasteiger partial charge in [-0.3, -0.25) is 0 Å². The van der Waals surface area contributed by atoms with Crippen LogP contribution in [0.15, 0.2) is 105 Å². The molecular formula is C28H29FOTi. The topological polar surface area (TPSA) is 9.23 Å². The summed E-state index contributed by atoms with van der Waals surface area (Å²) < 4.78 is 23.0. The maximum absolute atomic E-state index is 14.8. The van der Waals surface area contributed by atoms with Crippen LogP contribution in [-0.2, 0) is 28.3 Å². The molecule has 0 saturated carbocycles. The summed E-state index contributed by atoms with van der Waals surface area (Å²) in [6.07, 6.45) is 4.93. The molecule has 0 N–H and O–H groups in total. The summed E-state index contributed by atoms with van der Waals surface area (Å²) in [6.45, 7) is 11.2. The van der Waals surface area contributed by atoms with Crippen LogP contribution < -0.4 is 0 Å². The van der Waals surface area contributed by atoms with Crippen molar-refractivity contribution < 1.29 is 27.3 Å². The minimum absolute atomic E-state index is 0.0236. The third kappa shape index (κ3) is 3.76. The molecule has 1 atom stereocenters. The molecule has 31 heavy (non-hydrogen) atoms. The van der Waals surface area contributed by atoms with Gasteiger partial charge >= 0.3 is 195 Å². The third-order valence-corrected chi connectivity index (χ3v) is 9.56. The monoisotopic (exact) mass is 448 g/mol. The average Bonchev–Trinajstić information content (AvgIpc) is 2.93. The van der Waals surface area contributed by atoms with Gasteiger partial charge in [0.1, 0.15) is 0 Å². The molecule has 158 valence electrons. The predicted molar refractivity (Wildman–Crippen MR) is 122 cm³/mol. The van der Waals surface area contributed by atoms with Crippen LogP contribution >= 0.6 is 0 Å². The summed E-state index contributed by atoms with van der Waals surface area (Å²) in [6, 6.07) is 20.4. The fourth-order valence-corrected chi connectivity index (χ4v) is 6.84. The van der Waals surface area contributed by atoms with Crippen molar-refractivity contribution in [2.75, 3.05) is 0 Å². The molecule has 2 aliphatic rings. The van der Waals surface area contributed by atoms with Crippen molar-refractivity contribution in [3.05, 3.63) is 116 Å². The summed E-state index contributed by atoms with van der Waals surface area (Å²) >= 11 is -0.878. The maximum atomic E-state index is 14.8. The SMILES string of the molecule is CC1=C(C)C(C)(C)[C]([Ti][O]C2C=CC(F)=CC2(c2ccccc2)c2ccccc2)=C1C. The summed E-state index contributed by atoms with van der Waals surface area (Å²) in [5, 5.41) is 0. The summed E-state index contributed by atoms with van der Waals surface area (Å²) in [5.74, 6) is -0.225. The molecule has 2 aromatic carbocycles. The second-order valence-corrected chi connectivity index (χ2v) is 10.5. The van der Waals surface area contributed by atoms with Gasteiger partial charge in [0.2, 0.25) is 0 Å². The Kier molecular flexibility index (Phi) is 6.09. The summed E-state index contributed by atoms with van der Waals surface area (Å²) in [7, 11) is 0. The number of hydrogen-bond acceptors (Lipinski definition) is 1. The molecule has 1 nitrogen and oxygen atoms in total. The Hall–Kier alpha value is -2.00. The quantitative estimate of drug-likeness (QED) is 0.432. The van der Waals surface area contributed by atoms with Crippen molar-refractivity contribution in [1.82, 2.24) is 0 Å². The number of benzene rings is 2. The standard InChI is InChI=1S/C18H14FO.C10H15.Ti/c19-16-11-12-17(20)18(13-16,14-7-3-1-4-8-14)15-9-5-2-6-10-15;1-7-6-10(4,5)9(3)8(7)2;/h1-13,17H;1-5H3;/q-1;;+1. The van der Waals surface area contributed by atoms with E-state index in [0.717, 1.165) is 11.1 Å². The van der Waals surface area contributed by atoms with Crippen LogP contribution in [0.4, 0.5) is 4.39 Å². The Bertz CT molecular complexity index is 1050. The molecular weight excluding hydrogens is 419 g/mol. The molecule has 0 aromatic heterocycles. The molecule has 1 unspecified atom stereocenters. The fourth-order valence-electron chi connectivity index (χ4n) is 4.82. The zero-order valence-corrected chi connectivity index (χ0v) is 20.4. The summed E-state index contributed by atoms with van der Waals surface area (Å²) in [4.78, 5) is 0. The Morgan fingerprint density at radius 1 is 0.839 bits per heavy atom. The first-order chi connectivity index (χ1) is 14.8. The molecule has 3 heteroatoms. The Labute approximate surface area is 194 Å². The number of halogens is 1. The van der Waals surface area contributed by atoms with Crippen molar-refractivity contribution in [3.63, 3.8) is 0 Å². The zero-order valence-electron chi connectivity index (χ0n) is 18.9. The third-order valence-electron chi connectivity index (χ3n) is 7.10. The number of allylic oxidation sites excluding steroid dienone is 6. The van der Waals surface area contributed by atoms with Gasteiger partial charge in [-0.1, -0.05) is 0 Å². The molecule has 2 aromatic rings. The van der Waals surface area contributed by atoms with E-state index >= 15 is 0 Å². The van der Waals surface area contributed by atoms with E-state index in [1.54, 1.807) is 12.2 Å². The Morgan fingerprint density at radius 3 is 1.87 bits per heavy atom. The van der Waals surface area contributed by atoms with Gasteiger partial charge in [0.05, 0.1) is 0 Å². The van der Waals surface area contributed by atoms with Crippen molar-refractivity contribution >= 4 is 0 Å². The molecule has 0 heterocycles. The van der Waals surface area contributed by atoms with E-state index < -0.39 is 25.0 Å². The van der Waals surface area contributed by atoms with Gasteiger partial charge in [0, 0.05) is 0 Å². The fraction of sp³-hybridized carbons (Fsp3) is 0.286. The van der Waals surface area contributed by atoms with Gasteiger partial charge in [0.15, 0.2) is 0 Å². The number of rotatable bonds is 5.